The molecular formula is C26H22OsP2+2. The third-order valence-corrected chi connectivity index (χ3v) is 9.77. The fourth-order valence-electron chi connectivity index (χ4n) is 3.25. The van der Waals surface area contributed by atoms with Crippen molar-refractivity contribution in [2.45, 2.75) is 0 Å². The second kappa shape index (κ2) is 11.2. The van der Waals surface area contributed by atoms with Crippen LogP contribution in [0.1, 0.15) is 0 Å². The van der Waals surface area contributed by atoms with Crippen LogP contribution in [0, 0.1) is 12.1 Å². The van der Waals surface area contributed by atoms with Crippen LogP contribution < -0.4 is 21.2 Å². The van der Waals surface area contributed by atoms with Crippen molar-refractivity contribution in [3.63, 3.8) is 0 Å². The van der Waals surface area contributed by atoms with Crippen LogP contribution in [0.2, 0.25) is 0 Å². The van der Waals surface area contributed by atoms with Crippen molar-refractivity contribution in [2.24, 2.45) is 0 Å². The predicted octanol–water partition coefficient (Wildman–Crippen LogP) is 4.79. The van der Waals surface area contributed by atoms with Crippen molar-refractivity contribution in [1.82, 2.24) is 0 Å². The van der Waals surface area contributed by atoms with Gasteiger partial charge in [-0.2, -0.15) is 0 Å². The van der Waals surface area contributed by atoms with Crippen molar-refractivity contribution in [1.29, 1.82) is 0 Å². The zero-order valence-electron chi connectivity index (χ0n) is 15.9. The van der Waals surface area contributed by atoms with Gasteiger partial charge in [-0.05, 0) is 48.5 Å². The molecular weight excluding hydrogens is 564 g/mol. The van der Waals surface area contributed by atoms with Crippen LogP contribution in [0.4, 0.5) is 0 Å². The molecule has 0 heterocycles. The van der Waals surface area contributed by atoms with Gasteiger partial charge in [0.2, 0.25) is 0 Å². The molecule has 3 heteroatoms. The SMILES string of the molecule is [Os].c1ccc([PH+](/C=C\[PH+](c2ccccc2)c2ccccc2)c2ccccc2)cc#1. The van der Waals surface area contributed by atoms with Crippen molar-refractivity contribution in [2.75, 3.05) is 0 Å². The summed E-state index contributed by atoms with van der Waals surface area (Å²) in [5, 5.41) is 5.56. The Hall–Kier alpha value is -2.06. The van der Waals surface area contributed by atoms with Crippen molar-refractivity contribution in [3.05, 3.63) is 133 Å². The third-order valence-electron chi connectivity index (χ3n) is 4.64. The molecule has 29 heavy (non-hydrogen) atoms. The van der Waals surface area contributed by atoms with Crippen LogP contribution in [0.5, 0.6) is 0 Å². The Kier molecular flexibility index (Phi) is 8.36. The molecule has 4 aromatic rings. The Labute approximate surface area is 189 Å². The van der Waals surface area contributed by atoms with Gasteiger partial charge in [0.05, 0.1) is 15.8 Å². The van der Waals surface area contributed by atoms with E-state index >= 15 is 0 Å². The summed E-state index contributed by atoms with van der Waals surface area (Å²) in [6, 6.07) is 45.0. The summed E-state index contributed by atoms with van der Waals surface area (Å²) in [4.78, 5) is 0. The first kappa shape index (κ1) is 21.6. The molecule has 0 saturated carbocycles. The fraction of sp³-hybridized carbons (Fsp3) is 0. The van der Waals surface area contributed by atoms with Crippen LogP contribution in [0.25, 0.3) is 0 Å². The van der Waals surface area contributed by atoms with Gasteiger partial charge in [-0.3, -0.25) is 0 Å². The molecule has 1 unspecified atom stereocenters. The number of rotatable bonds is 6. The summed E-state index contributed by atoms with van der Waals surface area (Å²) in [5.41, 5.74) is 0. The van der Waals surface area contributed by atoms with Gasteiger partial charge in [-0.25, -0.2) is 0 Å². The van der Waals surface area contributed by atoms with E-state index in [1.54, 1.807) is 0 Å². The number of hydrogen-bond donors (Lipinski definition) is 0. The molecule has 0 amide bonds. The van der Waals surface area contributed by atoms with Gasteiger partial charge in [0, 0.05) is 25.9 Å². The first-order valence-electron chi connectivity index (χ1n) is 9.38. The minimum atomic E-state index is -1.02. The van der Waals surface area contributed by atoms with Gasteiger partial charge in [-0.1, -0.05) is 66.7 Å². The molecule has 0 spiro atoms. The largest absolute Gasteiger partial charge is 0.110 e. The Morgan fingerprint density at radius 3 is 1.28 bits per heavy atom. The van der Waals surface area contributed by atoms with Crippen LogP contribution in [0.15, 0.2) is 121 Å². The molecule has 0 saturated heterocycles. The monoisotopic (exact) mass is 588 g/mol. The molecule has 0 nitrogen and oxygen atoms in total. The van der Waals surface area contributed by atoms with E-state index in [2.05, 4.69) is 127 Å². The van der Waals surface area contributed by atoms with Gasteiger partial charge in [0.25, 0.3) is 0 Å². The Bertz CT molecular complexity index is 840. The first-order valence-corrected chi connectivity index (χ1v) is 12.5. The number of benzene rings is 3. The van der Waals surface area contributed by atoms with Crippen molar-refractivity contribution in [3.8, 4) is 0 Å². The van der Waals surface area contributed by atoms with Gasteiger partial charge in [0.1, 0.15) is 32.9 Å². The van der Waals surface area contributed by atoms with Crippen LogP contribution in [-0.2, 0) is 19.8 Å². The Morgan fingerprint density at radius 2 is 0.897 bits per heavy atom. The minimum absolute atomic E-state index is 0. The second-order valence-electron chi connectivity index (χ2n) is 6.48. The maximum atomic E-state index is 3.14. The Morgan fingerprint density at radius 1 is 0.483 bits per heavy atom. The normalized spacial score (nSPS) is 10.7. The van der Waals surface area contributed by atoms with Crippen molar-refractivity contribution >= 4 is 37.1 Å². The summed E-state index contributed by atoms with van der Waals surface area (Å²) < 4.78 is 0. The minimum Gasteiger partial charge on any atom is -0.0699 e. The quantitative estimate of drug-likeness (QED) is 0.285. The summed E-state index contributed by atoms with van der Waals surface area (Å²) in [5.74, 6) is 4.95. The van der Waals surface area contributed by atoms with Crippen molar-refractivity contribution < 1.29 is 19.8 Å². The van der Waals surface area contributed by atoms with E-state index in [1.807, 2.05) is 6.07 Å². The molecule has 0 bridgehead atoms. The van der Waals surface area contributed by atoms with E-state index in [9.17, 15) is 0 Å². The summed E-state index contributed by atoms with van der Waals surface area (Å²) in [6.07, 6.45) is 0. The molecule has 4 aromatic carbocycles. The zero-order valence-corrected chi connectivity index (χ0v) is 20.4. The van der Waals surface area contributed by atoms with E-state index in [4.69, 9.17) is 0 Å². The van der Waals surface area contributed by atoms with E-state index in [0.29, 0.717) is 0 Å². The smallest absolute Gasteiger partial charge is 0.0699 e. The molecule has 0 aromatic heterocycles. The van der Waals surface area contributed by atoms with E-state index < -0.39 is 15.8 Å². The Balaban J connectivity index is 0.00000240. The summed E-state index contributed by atoms with van der Waals surface area (Å²) in [6.45, 7) is 0. The van der Waals surface area contributed by atoms with Crippen LogP contribution in [-0.4, -0.2) is 0 Å². The molecule has 0 fully saturated rings. The first-order chi connectivity index (χ1) is 13.9. The maximum Gasteiger partial charge on any atom is 0.110 e. The third kappa shape index (κ3) is 5.73. The molecule has 142 valence electrons. The van der Waals surface area contributed by atoms with Gasteiger partial charge < -0.3 is 0 Å². The van der Waals surface area contributed by atoms with Crippen LogP contribution >= 0.6 is 15.8 Å². The second-order valence-corrected chi connectivity index (χ2v) is 11.1. The number of hydrogen-bond acceptors (Lipinski definition) is 0. The average Bonchev–Trinajstić information content (AvgIpc) is 2.79. The zero-order chi connectivity index (χ0) is 19.0. The molecule has 4 rings (SSSR count). The molecule has 0 N–H and O–H groups in total. The standard InChI is InChI=1S/C26H20P2.Os/c1-5-13-23(14-6-1)27(24-15-7-2-8-16-24)21-22-28(25-17-9-3-10-18-25)26-19-11-4-12-20-26;/h1-3,5-11,13-22H;/p+2/b22-21-;. The molecule has 0 aliphatic heterocycles. The summed E-state index contributed by atoms with van der Waals surface area (Å²) >= 11 is 0. The van der Waals surface area contributed by atoms with E-state index in [0.717, 1.165) is 0 Å². The van der Waals surface area contributed by atoms with E-state index in [1.165, 1.54) is 21.2 Å². The van der Waals surface area contributed by atoms with Gasteiger partial charge >= 0.3 is 0 Å². The van der Waals surface area contributed by atoms with E-state index in [-0.39, 0.29) is 19.8 Å². The topological polar surface area (TPSA) is 0 Å². The molecule has 1 atom stereocenters. The fourth-order valence-corrected chi connectivity index (χ4v) is 8.17. The summed E-state index contributed by atoms with van der Waals surface area (Å²) in [7, 11) is -2.00. The predicted molar refractivity (Wildman–Crippen MR) is 128 cm³/mol. The molecule has 0 radical (unpaired) electrons. The average molecular weight is 587 g/mol. The van der Waals surface area contributed by atoms with Gasteiger partial charge in [-0.15, -0.1) is 0 Å². The molecule has 0 aliphatic rings. The molecule has 0 aliphatic carbocycles. The van der Waals surface area contributed by atoms with Gasteiger partial charge in [0.15, 0.2) is 0 Å². The van der Waals surface area contributed by atoms with Crippen LogP contribution in [0.3, 0.4) is 0 Å². The maximum absolute atomic E-state index is 3.14.